The third-order valence-corrected chi connectivity index (χ3v) is 7.47. The Bertz CT molecular complexity index is 1710. The second kappa shape index (κ2) is 11.4. The molecule has 11 nitrogen and oxygen atoms in total. The Kier molecular flexibility index (Phi) is 7.48. The van der Waals surface area contributed by atoms with E-state index in [9.17, 15) is 23.9 Å². The minimum absolute atomic E-state index is 0.0411. The largest absolute Gasteiger partial charge is 0.478 e. The van der Waals surface area contributed by atoms with E-state index in [0.29, 0.717) is 35.6 Å². The Morgan fingerprint density at radius 3 is 2.67 bits per heavy atom. The predicted molar refractivity (Wildman–Crippen MR) is 149 cm³/mol. The van der Waals surface area contributed by atoms with Crippen molar-refractivity contribution in [1.82, 2.24) is 19.4 Å². The van der Waals surface area contributed by atoms with Crippen molar-refractivity contribution >= 4 is 46.2 Å². The number of ether oxygens (including phenoxy) is 2. The molecule has 2 aliphatic heterocycles. The Hall–Kier alpha value is -4.55. The summed E-state index contributed by atoms with van der Waals surface area (Å²) in [4.78, 5) is 49.7. The quantitative estimate of drug-likeness (QED) is 0.311. The number of imidazole rings is 1. The lowest BCUT2D eigenvalue weighted by atomic mass is 10.1. The van der Waals surface area contributed by atoms with E-state index in [1.165, 1.54) is 28.0 Å². The van der Waals surface area contributed by atoms with Crippen molar-refractivity contribution in [3.63, 3.8) is 0 Å². The molecule has 4 aromatic rings. The van der Waals surface area contributed by atoms with E-state index >= 15 is 0 Å². The van der Waals surface area contributed by atoms with Gasteiger partial charge in [0, 0.05) is 23.3 Å². The monoisotopic (exact) mass is 593 g/mol. The summed E-state index contributed by atoms with van der Waals surface area (Å²) in [6.07, 6.45) is 0.818. The number of aromatic carboxylic acids is 1. The molecule has 216 valence electrons. The van der Waals surface area contributed by atoms with Gasteiger partial charge in [-0.05, 0) is 42.8 Å². The molecule has 0 spiro atoms. The molecule has 42 heavy (non-hydrogen) atoms. The van der Waals surface area contributed by atoms with Crippen molar-refractivity contribution in [3.8, 4) is 5.88 Å². The first kappa shape index (κ1) is 27.6. The van der Waals surface area contributed by atoms with E-state index in [1.54, 1.807) is 36.4 Å². The van der Waals surface area contributed by atoms with Gasteiger partial charge in [-0.25, -0.2) is 14.2 Å². The first-order chi connectivity index (χ1) is 20.2. The highest BCUT2D eigenvalue weighted by Crippen LogP contribution is 2.25. The standard InChI is InChI=1S/C29H25ClFN5O6/c30-19-6-4-18(21(31)11-19)16-42-26-3-1-2-24(33-26)36-15-27(37)34(14-28(36)38)13-25-32-22-7-5-17(29(39)40)10-23(22)35(25)12-20-8-9-41-20/h1-7,10-11,20H,8-9,12-16H2,(H,39,40)/t20-/m0/s1. The van der Waals surface area contributed by atoms with Gasteiger partial charge in [-0.15, -0.1) is 0 Å². The molecular weight excluding hydrogens is 569 g/mol. The molecule has 2 fully saturated rings. The van der Waals surface area contributed by atoms with Crippen LogP contribution in [0.4, 0.5) is 10.2 Å². The van der Waals surface area contributed by atoms with Crippen LogP contribution in [0, 0.1) is 5.82 Å². The van der Waals surface area contributed by atoms with Crippen molar-refractivity contribution in [2.24, 2.45) is 0 Å². The second-order valence-electron chi connectivity index (χ2n) is 10.0. The number of fused-ring (bicyclic) bond motifs is 1. The van der Waals surface area contributed by atoms with Crippen molar-refractivity contribution in [3.05, 3.63) is 82.4 Å². The third-order valence-electron chi connectivity index (χ3n) is 7.24. The number of amides is 2. The van der Waals surface area contributed by atoms with Crippen LogP contribution in [0.2, 0.25) is 5.02 Å². The number of carbonyl (C=O) groups excluding carboxylic acids is 2. The molecule has 0 saturated carbocycles. The van der Waals surface area contributed by atoms with E-state index < -0.39 is 11.8 Å². The molecule has 1 atom stereocenters. The lowest BCUT2D eigenvalue weighted by molar-refractivity contribution is -0.139. The molecule has 0 aliphatic carbocycles. The van der Waals surface area contributed by atoms with Crippen LogP contribution in [-0.4, -0.2) is 68.1 Å². The maximum atomic E-state index is 14.1. The second-order valence-corrected chi connectivity index (χ2v) is 10.5. The average molecular weight is 594 g/mol. The third kappa shape index (κ3) is 5.63. The van der Waals surface area contributed by atoms with E-state index in [2.05, 4.69) is 9.97 Å². The molecule has 1 N–H and O–H groups in total. The number of anilines is 1. The van der Waals surface area contributed by atoms with Crippen LogP contribution in [0.1, 0.15) is 28.2 Å². The topological polar surface area (TPSA) is 127 Å². The fourth-order valence-corrected chi connectivity index (χ4v) is 5.03. The molecule has 2 amide bonds. The number of carboxylic acid groups (broad SMARTS) is 1. The number of hydrogen-bond acceptors (Lipinski definition) is 7. The van der Waals surface area contributed by atoms with Gasteiger partial charge in [-0.1, -0.05) is 23.7 Å². The molecule has 13 heteroatoms. The van der Waals surface area contributed by atoms with Crippen molar-refractivity contribution in [1.29, 1.82) is 0 Å². The van der Waals surface area contributed by atoms with E-state index in [-0.39, 0.29) is 66.4 Å². The molecule has 2 aromatic carbocycles. The average Bonchev–Trinajstić information content (AvgIpc) is 3.28. The summed E-state index contributed by atoms with van der Waals surface area (Å²) >= 11 is 5.80. The molecule has 4 heterocycles. The molecule has 2 saturated heterocycles. The summed E-state index contributed by atoms with van der Waals surface area (Å²) < 4.78 is 27.2. The summed E-state index contributed by atoms with van der Waals surface area (Å²) in [5.74, 6) is -1.29. The van der Waals surface area contributed by atoms with Crippen molar-refractivity contribution in [2.45, 2.75) is 32.2 Å². The first-order valence-electron chi connectivity index (χ1n) is 13.2. The van der Waals surface area contributed by atoms with Crippen LogP contribution in [-0.2, 0) is 34.0 Å². The van der Waals surface area contributed by atoms with Gasteiger partial charge in [0.1, 0.15) is 37.2 Å². The minimum Gasteiger partial charge on any atom is -0.478 e. The Labute approximate surface area is 244 Å². The van der Waals surface area contributed by atoms with Crippen LogP contribution in [0.25, 0.3) is 11.0 Å². The predicted octanol–water partition coefficient (Wildman–Crippen LogP) is 3.67. The lowest BCUT2D eigenvalue weighted by Gasteiger charge is -2.33. The molecule has 2 aromatic heterocycles. The maximum absolute atomic E-state index is 14.1. The number of benzene rings is 2. The summed E-state index contributed by atoms with van der Waals surface area (Å²) in [5.41, 5.74) is 1.63. The number of halogens is 2. The smallest absolute Gasteiger partial charge is 0.335 e. The van der Waals surface area contributed by atoms with Crippen LogP contribution in [0.15, 0.2) is 54.6 Å². The molecule has 0 radical (unpaired) electrons. The number of hydrogen-bond donors (Lipinski definition) is 1. The van der Waals surface area contributed by atoms with Gasteiger partial charge in [0.2, 0.25) is 17.7 Å². The number of carbonyl (C=O) groups is 3. The van der Waals surface area contributed by atoms with Gasteiger partial charge in [0.15, 0.2) is 0 Å². The fourth-order valence-electron chi connectivity index (χ4n) is 4.87. The number of aromatic nitrogens is 3. The highest BCUT2D eigenvalue weighted by Gasteiger charge is 2.33. The van der Waals surface area contributed by atoms with Crippen LogP contribution < -0.4 is 9.64 Å². The number of carboxylic acids is 1. The highest BCUT2D eigenvalue weighted by atomic mass is 35.5. The first-order valence-corrected chi connectivity index (χ1v) is 13.6. The highest BCUT2D eigenvalue weighted by molar-refractivity contribution is 6.30. The SMILES string of the molecule is O=C(O)c1ccc2nc(CN3CC(=O)N(c4cccc(OCc5ccc(Cl)cc5F)n4)CC3=O)n(C[C@@H]3CCO3)c2c1. The zero-order valence-corrected chi connectivity index (χ0v) is 23.0. The Balaban J connectivity index is 1.17. The number of piperazine rings is 1. The van der Waals surface area contributed by atoms with Crippen molar-refractivity contribution in [2.75, 3.05) is 24.6 Å². The molecular formula is C29H25ClFN5O6. The van der Waals surface area contributed by atoms with Gasteiger partial charge in [-0.2, -0.15) is 4.98 Å². The Morgan fingerprint density at radius 2 is 1.93 bits per heavy atom. The lowest BCUT2D eigenvalue weighted by Crippen LogP contribution is -2.54. The van der Waals surface area contributed by atoms with E-state index in [0.717, 1.165) is 6.42 Å². The van der Waals surface area contributed by atoms with E-state index in [1.807, 2.05) is 4.57 Å². The summed E-state index contributed by atoms with van der Waals surface area (Å²) in [6.45, 7) is 0.627. The zero-order valence-electron chi connectivity index (χ0n) is 22.2. The summed E-state index contributed by atoms with van der Waals surface area (Å²) in [5, 5.41) is 9.74. The van der Waals surface area contributed by atoms with Gasteiger partial charge in [0.05, 0.1) is 35.8 Å². The van der Waals surface area contributed by atoms with Crippen LogP contribution in [0.3, 0.4) is 0 Å². The van der Waals surface area contributed by atoms with E-state index in [4.69, 9.17) is 21.1 Å². The minimum atomic E-state index is -1.05. The van der Waals surface area contributed by atoms with Gasteiger partial charge >= 0.3 is 5.97 Å². The molecule has 0 bridgehead atoms. The maximum Gasteiger partial charge on any atom is 0.335 e. The molecule has 0 unspecified atom stereocenters. The number of pyridine rings is 1. The van der Waals surface area contributed by atoms with Crippen molar-refractivity contribution < 1.29 is 33.4 Å². The van der Waals surface area contributed by atoms with Gasteiger partial charge < -0.3 is 24.0 Å². The van der Waals surface area contributed by atoms with Crippen LogP contribution in [0.5, 0.6) is 5.88 Å². The fraction of sp³-hybridized carbons (Fsp3) is 0.276. The molecule has 6 rings (SSSR count). The van der Waals surface area contributed by atoms with Gasteiger partial charge in [0.25, 0.3) is 0 Å². The van der Waals surface area contributed by atoms with Gasteiger partial charge in [-0.3, -0.25) is 14.5 Å². The Morgan fingerprint density at radius 1 is 1.10 bits per heavy atom. The zero-order chi connectivity index (χ0) is 29.4. The normalized spacial score (nSPS) is 17.0. The summed E-state index contributed by atoms with van der Waals surface area (Å²) in [6, 6.07) is 13.7. The molecule has 2 aliphatic rings. The number of rotatable bonds is 9. The summed E-state index contributed by atoms with van der Waals surface area (Å²) in [7, 11) is 0. The van der Waals surface area contributed by atoms with Crippen LogP contribution >= 0.6 is 11.6 Å². The number of nitrogens with zero attached hydrogens (tertiary/aromatic N) is 5.